The third-order valence-corrected chi connectivity index (χ3v) is 2.12. The fraction of sp³-hybridized carbons (Fsp3) is 0.333. The van der Waals surface area contributed by atoms with Crippen molar-refractivity contribution >= 4 is 17.2 Å². The molecular weight excluding hydrogens is 180 g/mol. The molecule has 1 aromatic rings. The van der Waals surface area contributed by atoms with Crippen LogP contribution in [-0.4, -0.2) is 23.2 Å². The van der Waals surface area contributed by atoms with Crippen LogP contribution in [0.25, 0.3) is 0 Å². The smallest absolute Gasteiger partial charge is 0.286 e. The molecule has 0 bridgehead atoms. The van der Waals surface area contributed by atoms with E-state index in [-0.39, 0.29) is 0 Å². The molecule has 0 unspecified atom stereocenters. The number of methoxy groups -OCH3 is 1. The van der Waals surface area contributed by atoms with Gasteiger partial charge in [-0.2, -0.15) is 0 Å². The van der Waals surface area contributed by atoms with Crippen molar-refractivity contribution in [2.75, 3.05) is 7.11 Å². The molecule has 0 saturated heterocycles. The van der Waals surface area contributed by atoms with Crippen LogP contribution in [0.5, 0.6) is 0 Å². The van der Waals surface area contributed by atoms with E-state index in [0.717, 1.165) is 0 Å². The minimum Gasteiger partial charge on any atom is -0.378 e. The molecule has 0 aliphatic heterocycles. The molecule has 0 saturated carbocycles. The number of carbonyl (C=O) groups is 1. The molecule has 1 aromatic heterocycles. The largest absolute Gasteiger partial charge is 0.378 e. The Kier molecular flexibility index (Phi) is 3.15. The molecular formula is C6H8N2O3S. The Hall–Kier alpha value is -0.980. The molecule has 0 radical (unpaired) electrons. The first-order valence-corrected chi connectivity index (χ1v) is 3.97. The van der Waals surface area contributed by atoms with Crippen molar-refractivity contribution in [2.24, 2.45) is 0 Å². The lowest BCUT2D eigenvalue weighted by molar-refractivity contribution is 0.0711. The molecule has 0 spiro atoms. The van der Waals surface area contributed by atoms with Crippen molar-refractivity contribution in [1.82, 2.24) is 10.5 Å². The summed E-state index contributed by atoms with van der Waals surface area (Å²) >= 11 is 1.18. The van der Waals surface area contributed by atoms with Crippen molar-refractivity contribution < 1.29 is 14.7 Å². The first kappa shape index (κ1) is 9.11. The zero-order valence-corrected chi connectivity index (χ0v) is 7.22. The number of hydroxylamine groups is 1. The van der Waals surface area contributed by atoms with E-state index in [1.807, 2.05) is 0 Å². The first-order valence-electron chi connectivity index (χ1n) is 3.16. The molecule has 1 heterocycles. The number of nitrogens with one attached hydrogen (secondary N) is 1. The van der Waals surface area contributed by atoms with Gasteiger partial charge in [-0.25, -0.2) is 10.5 Å². The van der Waals surface area contributed by atoms with E-state index in [9.17, 15) is 4.79 Å². The molecule has 2 N–H and O–H groups in total. The number of amides is 1. The fourth-order valence-electron chi connectivity index (χ4n) is 0.661. The number of carbonyl (C=O) groups excluding carboxylic acids is 1. The molecule has 0 fully saturated rings. The summed E-state index contributed by atoms with van der Waals surface area (Å²) in [7, 11) is 1.55. The van der Waals surface area contributed by atoms with Crippen molar-refractivity contribution in [1.29, 1.82) is 0 Å². The van der Waals surface area contributed by atoms with Gasteiger partial charge in [0.2, 0.25) is 0 Å². The zero-order chi connectivity index (χ0) is 8.97. The van der Waals surface area contributed by atoms with Gasteiger partial charge in [0.1, 0.15) is 9.88 Å². The van der Waals surface area contributed by atoms with Crippen LogP contribution in [0.15, 0.2) is 6.20 Å². The number of thiazole rings is 1. The number of aromatic nitrogens is 1. The third kappa shape index (κ3) is 2.00. The number of nitrogens with zero attached hydrogens (tertiary/aromatic N) is 1. The van der Waals surface area contributed by atoms with Crippen LogP contribution in [0.3, 0.4) is 0 Å². The number of hydrogen-bond acceptors (Lipinski definition) is 5. The molecule has 0 aliphatic rings. The van der Waals surface area contributed by atoms with Crippen LogP contribution in [0, 0.1) is 0 Å². The Morgan fingerprint density at radius 3 is 3.25 bits per heavy atom. The Balaban J connectivity index is 2.70. The lowest BCUT2D eigenvalue weighted by Crippen LogP contribution is -2.16. The van der Waals surface area contributed by atoms with Gasteiger partial charge in [-0.05, 0) is 0 Å². The maximum atomic E-state index is 10.8. The highest BCUT2D eigenvalue weighted by Gasteiger charge is 2.08. The van der Waals surface area contributed by atoms with Gasteiger partial charge in [-0.3, -0.25) is 10.0 Å². The van der Waals surface area contributed by atoms with Gasteiger partial charge >= 0.3 is 0 Å². The second-order valence-corrected chi connectivity index (χ2v) is 3.11. The molecule has 0 aliphatic carbocycles. The predicted octanol–water partition coefficient (Wildman–Crippen LogP) is 0.409. The summed E-state index contributed by atoms with van der Waals surface area (Å²) in [6.45, 7) is 0.378. The van der Waals surface area contributed by atoms with E-state index in [1.165, 1.54) is 23.0 Å². The first-order chi connectivity index (χ1) is 5.77. The molecule has 12 heavy (non-hydrogen) atoms. The van der Waals surface area contributed by atoms with Crippen LogP contribution in [0.1, 0.15) is 14.7 Å². The van der Waals surface area contributed by atoms with Gasteiger partial charge in [0, 0.05) is 7.11 Å². The molecule has 66 valence electrons. The maximum Gasteiger partial charge on any atom is 0.286 e. The maximum absolute atomic E-state index is 10.8. The Labute approximate surface area is 73.0 Å². The standard InChI is InChI=1S/C6H8N2O3S/c1-11-3-5-7-2-4(12-5)6(9)8-10/h2,10H,3H2,1H3,(H,8,9). The van der Waals surface area contributed by atoms with Gasteiger partial charge in [0.25, 0.3) is 5.91 Å². The molecule has 1 amide bonds. The van der Waals surface area contributed by atoms with Gasteiger partial charge in [0.05, 0.1) is 12.8 Å². The van der Waals surface area contributed by atoms with E-state index in [1.54, 1.807) is 7.11 Å². The number of rotatable bonds is 3. The van der Waals surface area contributed by atoms with Crippen LogP contribution >= 0.6 is 11.3 Å². The van der Waals surface area contributed by atoms with E-state index < -0.39 is 5.91 Å². The highest BCUT2D eigenvalue weighted by atomic mass is 32.1. The van der Waals surface area contributed by atoms with E-state index >= 15 is 0 Å². The summed E-state index contributed by atoms with van der Waals surface area (Å²) in [4.78, 5) is 15.1. The quantitative estimate of drug-likeness (QED) is 0.532. The SMILES string of the molecule is COCc1ncc(C(=O)NO)s1. The van der Waals surface area contributed by atoms with Gasteiger partial charge in [-0.1, -0.05) is 0 Å². The molecule has 0 atom stereocenters. The number of hydrogen-bond donors (Lipinski definition) is 2. The van der Waals surface area contributed by atoms with Crippen LogP contribution in [0.4, 0.5) is 0 Å². The lowest BCUT2D eigenvalue weighted by atomic mass is 10.5. The van der Waals surface area contributed by atoms with E-state index in [4.69, 9.17) is 9.94 Å². The highest BCUT2D eigenvalue weighted by Crippen LogP contribution is 2.12. The van der Waals surface area contributed by atoms with Crippen LogP contribution in [-0.2, 0) is 11.3 Å². The lowest BCUT2D eigenvalue weighted by Gasteiger charge is -1.91. The summed E-state index contributed by atoms with van der Waals surface area (Å²) < 4.78 is 4.81. The van der Waals surface area contributed by atoms with Crippen LogP contribution in [0.2, 0.25) is 0 Å². The Bertz CT molecular complexity index is 274. The average Bonchev–Trinajstić information content (AvgIpc) is 2.52. The predicted molar refractivity (Wildman–Crippen MR) is 42.1 cm³/mol. The summed E-state index contributed by atoms with van der Waals surface area (Å²) in [6.07, 6.45) is 1.39. The van der Waals surface area contributed by atoms with Crippen molar-refractivity contribution in [3.05, 3.63) is 16.1 Å². The molecule has 1 rings (SSSR count). The molecule has 5 nitrogen and oxygen atoms in total. The summed E-state index contributed by atoms with van der Waals surface area (Å²) in [5.74, 6) is -0.546. The highest BCUT2D eigenvalue weighted by molar-refractivity contribution is 7.13. The second kappa shape index (κ2) is 4.15. The fourth-order valence-corrected chi connectivity index (χ4v) is 1.44. The van der Waals surface area contributed by atoms with Gasteiger partial charge in [-0.15, -0.1) is 11.3 Å². The minimum absolute atomic E-state index is 0.365. The molecule has 0 aromatic carbocycles. The summed E-state index contributed by atoms with van der Waals surface area (Å²) in [6, 6.07) is 0. The number of ether oxygens (including phenoxy) is 1. The summed E-state index contributed by atoms with van der Waals surface area (Å²) in [5, 5.41) is 8.98. The van der Waals surface area contributed by atoms with E-state index in [2.05, 4.69) is 4.98 Å². The zero-order valence-electron chi connectivity index (χ0n) is 6.40. The topological polar surface area (TPSA) is 71.5 Å². The third-order valence-electron chi connectivity index (χ3n) is 1.15. The summed E-state index contributed by atoms with van der Waals surface area (Å²) in [5.41, 5.74) is 1.53. The normalized spacial score (nSPS) is 9.83. The van der Waals surface area contributed by atoms with E-state index in [0.29, 0.717) is 16.5 Å². The monoisotopic (exact) mass is 188 g/mol. The minimum atomic E-state index is -0.546. The second-order valence-electron chi connectivity index (χ2n) is 1.99. The molecule has 6 heteroatoms. The van der Waals surface area contributed by atoms with Gasteiger partial charge < -0.3 is 4.74 Å². The Morgan fingerprint density at radius 2 is 2.67 bits per heavy atom. The Morgan fingerprint density at radius 1 is 1.92 bits per heavy atom. The average molecular weight is 188 g/mol. The van der Waals surface area contributed by atoms with Crippen molar-refractivity contribution in [2.45, 2.75) is 6.61 Å². The van der Waals surface area contributed by atoms with Gasteiger partial charge in [0.15, 0.2) is 0 Å². The van der Waals surface area contributed by atoms with Crippen molar-refractivity contribution in [3.8, 4) is 0 Å². The van der Waals surface area contributed by atoms with Crippen LogP contribution < -0.4 is 5.48 Å². The van der Waals surface area contributed by atoms with Crippen molar-refractivity contribution in [3.63, 3.8) is 0 Å².